The molecule has 0 saturated carbocycles. The maximum atomic E-state index is 11.9. The molecule has 0 radical (unpaired) electrons. The molecule has 0 bridgehead atoms. The lowest BCUT2D eigenvalue weighted by atomic mass is 10.1. The van der Waals surface area contributed by atoms with Crippen molar-refractivity contribution in [2.24, 2.45) is 0 Å². The molecule has 1 aliphatic heterocycles. The summed E-state index contributed by atoms with van der Waals surface area (Å²) in [6.07, 6.45) is 4.85. The summed E-state index contributed by atoms with van der Waals surface area (Å²) in [6.45, 7) is 0. The summed E-state index contributed by atoms with van der Waals surface area (Å²) in [6, 6.07) is 8.84. The topological polar surface area (TPSA) is 57.9 Å². The molecule has 112 valence electrons. The Kier molecular flexibility index (Phi) is 3.70. The maximum absolute atomic E-state index is 11.9. The fourth-order valence-corrected chi connectivity index (χ4v) is 2.15. The highest BCUT2D eigenvalue weighted by Gasteiger charge is 2.23. The van der Waals surface area contributed by atoms with Gasteiger partial charge >= 0.3 is 5.97 Å². The van der Waals surface area contributed by atoms with Crippen LogP contribution in [0.3, 0.4) is 0 Å². The van der Waals surface area contributed by atoms with Gasteiger partial charge in [0.1, 0.15) is 11.5 Å². The molecule has 0 amide bonds. The molecule has 3 rings (SSSR count). The van der Waals surface area contributed by atoms with Crippen LogP contribution in [0.25, 0.3) is 11.8 Å². The van der Waals surface area contributed by atoms with Gasteiger partial charge in [0.05, 0.1) is 26.1 Å². The molecule has 2 heterocycles. The summed E-state index contributed by atoms with van der Waals surface area (Å²) in [4.78, 5) is 11.9. The van der Waals surface area contributed by atoms with Crippen LogP contribution in [0.1, 0.15) is 11.3 Å². The molecule has 0 spiro atoms. The van der Waals surface area contributed by atoms with Crippen LogP contribution in [-0.2, 0) is 9.53 Å². The van der Waals surface area contributed by atoms with Gasteiger partial charge in [-0.3, -0.25) is 0 Å². The van der Waals surface area contributed by atoms with E-state index in [0.717, 1.165) is 5.56 Å². The fourth-order valence-electron chi connectivity index (χ4n) is 2.15. The highest BCUT2D eigenvalue weighted by atomic mass is 16.5. The minimum Gasteiger partial charge on any atom is -0.493 e. The lowest BCUT2D eigenvalue weighted by molar-refractivity contribution is -0.130. The molecular formula is C17H14O5. The molecule has 2 aromatic rings. The summed E-state index contributed by atoms with van der Waals surface area (Å²) >= 11 is 0. The van der Waals surface area contributed by atoms with Crippen molar-refractivity contribution in [3.05, 3.63) is 59.6 Å². The third-order valence-corrected chi connectivity index (χ3v) is 3.23. The molecule has 1 aliphatic rings. The second-order valence-electron chi connectivity index (χ2n) is 4.58. The van der Waals surface area contributed by atoms with E-state index in [4.69, 9.17) is 18.6 Å². The third kappa shape index (κ3) is 2.61. The summed E-state index contributed by atoms with van der Waals surface area (Å²) in [5.74, 6) is 1.82. The summed E-state index contributed by atoms with van der Waals surface area (Å²) in [5.41, 5.74) is 1.16. The molecule has 1 aromatic heterocycles. The van der Waals surface area contributed by atoms with E-state index in [1.807, 2.05) is 0 Å². The molecule has 0 atom stereocenters. The van der Waals surface area contributed by atoms with Crippen LogP contribution in [0.5, 0.6) is 11.5 Å². The van der Waals surface area contributed by atoms with Gasteiger partial charge in [0.25, 0.3) is 0 Å². The number of furan rings is 1. The summed E-state index contributed by atoms with van der Waals surface area (Å²) < 4.78 is 20.9. The highest BCUT2D eigenvalue weighted by Crippen LogP contribution is 2.33. The van der Waals surface area contributed by atoms with Crippen molar-refractivity contribution in [1.29, 1.82) is 0 Å². The largest absolute Gasteiger partial charge is 0.493 e. The van der Waals surface area contributed by atoms with Crippen LogP contribution >= 0.6 is 0 Å². The number of carbonyl (C=O) groups is 1. The predicted octanol–water partition coefficient (Wildman–Crippen LogP) is 3.28. The molecule has 0 aliphatic carbocycles. The van der Waals surface area contributed by atoms with Gasteiger partial charge in [-0.15, -0.1) is 0 Å². The number of carbonyl (C=O) groups excluding carboxylic acids is 1. The second kappa shape index (κ2) is 5.81. The first-order chi connectivity index (χ1) is 10.7. The van der Waals surface area contributed by atoms with Crippen molar-refractivity contribution in [2.75, 3.05) is 14.2 Å². The Morgan fingerprint density at radius 1 is 1.09 bits per heavy atom. The van der Waals surface area contributed by atoms with E-state index in [0.29, 0.717) is 28.6 Å². The van der Waals surface area contributed by atoms with Crippen LogP contribution in [0, 0.1) is 0 Å². The number of hydrogen-bond donors (Lipinski definition) is 0. The smallest absolute Gasteiger partial charge is 0.343 e. The van der Waals surface area contributed by atoms with E-state index in [-0.39, 0.29) is 0 Å². The Balaban J connectivity index is 1.94. The Labute approximate surface area is 127 Å². The number of methoxy groups -OCH3 is 2. The number of hydrogen-bond acceptors (Lipinski definition) is 5. The molecule has 5 nitrogen and oxygen atoms in total. The number of cyclic esters (lactones) is 1. The quantitative estimate of drug-likeness (QED) is 0.640. The molecule has 0 fully saturated rings. The van der Waals surface area contributed by atoms with Crippen molar-refractivity contribution < 1.29 is 23.4 Å². The Hall–Kier alpha value is -2.95. The van der Waals surface area contributed by atoms with Gasteiger partial charge in [-0.25, -0.2) is 4.79 Å². The molecule has 5 heteroatoms. The van der Waals surface area contributed by atoms with E-state index in [9.17, 15) is 4.79 Å². The molecule has 0 saturated heterocycles. The molecule has 0 unspecified atom stereocenters. The third-order valence-electron chi connectivity index (χ3n) is 3.23. The van der Waals surface area contributed by atoms with Crippen LogP contribution < -0.4 is 9.47 Å². The summed E-state index contributed by atoms with van der Waals surface area (Å²) in [5, 5.41) is 0. The monoisotopic (exact) mass is 298 g/mol. The average molecular weight is 298 g/mol. The molecule has 1 aromatic carbocycles. The second-order valence-corrected chi connectivity index (χ2v) is 4.58. The molecule has 0 N–H and O–H groups in total. The van der Waals surface area contributed by atoms with Crippen molar-refractivity contribution in [2.45, 2.75) is 0 Å². The van der Waals surface area contributed by atoms with Crippen LogP contribution in [-0.4, -0.2) is 20.2 Å². The van der Waals surface area contributed by atoms with E-state index in [2.05, 4.69) is 0 Å². The zero-order valence-electron chi connectivity index (χ0n) is 12.2. The van der Waals surface area contributed by atoms with Gasteiger partial charge in [0.2, 0.25) is 0 Å². The van der Waals surface area contributed by atoms with Gasteiger partial charge < -0.3 is 18.6 Å². The Bertz CT molecular complexity index is 753. The van der Waals surface area contributed by atoms with Crippen LogP contribution in [0.4, 0.5) is 0 Å². The van der Waals surface area contributed by atoms with Gasteiger partial charge in [-0.05, 0) is 42.5 Å². The van der Waals surface area contributed by atoms with E-state index in [1.165, 1.54) is 0 Å². The maximum Gasteiger partial charge on any atom is 0.343 e. The minimum atomic E-state index is -0.416. The number of benzene rings is 1. The zero-order chi connectivity index (χ0) is 15.5. The first kappa shape index (κ1) is 14.0. The Morgan fingerprint density at radius 3 is 2.59 bits per heavy atom. The normalized spacial score (nSPS) is 15.6. The highest BCUT2D eigenvalue weighted by molar-refractivity contribution is 6.04. The predicted molar refractivity (Wildman–Crippen MR) is 80.3 cm³/mol. The van der Waals surface area contributed by atoms with Gasteiger partial charge in [-0.2, -0.15) is 0 Å². The summed E-state index contributed by atoms with van der Waals surface area (Å²) in [7, 11) is 3.12. The fraction of sp³-hybridized carbons (Fsp3) is 0.118. The van der Waals surface area contributed by atoms with Crippen molar-refractivity contribution >= 4 is 17.8 Å². The lowest BCUT2D eigenvalue weighted by Crippen LogP contribution is -1.97. The number of esters is 1. The minimum absolute atomic E-state index is 0.416. The van der Waals surface area contributed by atoms with Crippen LogP contribution in [0.2, 0.25) is 0 Å². The number of ether oxygens (including phenoxy) is 3. The van der Waals surface area contributed by atoms with Crippen molar-refractivity contribution in [3.63, 3.8) is 0 Å². The van der Waals surface area contributed by atoms with Crippen molar-refractivity contribution in [1.82, 2.24) is 0 Å². The van der Waals surface area contributed by atoms with E-state index >= 15 is 0 Å². The standard InChI is InChI=1S/C17H14O5/c1-19-14-6-5-11(9-16(14)20-2)15-10-12(17(18)22-15)8-13-4-3-7-21-13/h3-10H,1-2H3. The first-order valence-electron chi connectivity index (χ1n) is 6.63. The first-order valence-corrected chi connectivity index (χ1v) is 6.63. The van der Waals surface area contributed by atoms with Gasteiger partial charge in [0, 0.05) is 5.56 Å². The average Bonchev–Trinajstić information content (AvgIpc) is 3.17. The van der Waals surface area contributed by atoms with Crippen LogP contribution in [0.15, 0.2) is 52.7 Å². The van der Waals surface area contributed by atoms with Gasteiger partial charge in [0.15, 0.2) is 11.5 Å². The van der Waals surface area contributed by atoms with E-state index in [1.54, 1.807) is 63.0 Å². The Morgan fingerprint density at radius 2 is 1.91 bits per heavy atom. The number of rotatable bonds is 4. The van der Waals surface area contributed by atoms with E-state index < -0.39 is 5.97 Å². The molecule has 22 heavy (non-hydrogen) atoms. The SMILES string of the molecule is COc1ccc(C2=CC(=Cc3ccco3)C(=O)O2)cc1OC. The van der Waals surface area contributed by atoms with Crippen molar-refractivity contribution in [3.8, 4) is 11.5 Å². The zero-order valence-corrected chi connectivity index (χ0v) is 12.2. The molecular weight excluding hydrogens is 284 g/mol. The van der Waals surface area contributed by atoms with Gasteiger partial charge in [-0.1, -0.05) is 0 Å². The lowest BCUT2D eigenvalue weighted by Gasteiger charge is -2.09.